The van der Waals surface area contributed by atoms with Crippen LogP contribution in [0.3, 0.4) is 0 Å². The van der Waals surface area contributed by atoms with Gasteiger partial charge < -0.3 is 10.6 Å². The van der Waals surface area contributed by atoms with E-state index in [1.54, 1.807) is 0 Å². The van der Waals surface area contributed by atoms with Crippen LogP contribution in [0.5, 0.6) is 0 Å². The van der Waals surface area contributed by atoms with Crippen LogP contribution in [0.1, 0.15) is 44.9 Å². The van der Waals surface area contributed by atoms with E-state index < -0.39 is 0 Å². The molecule has 0 aromatic heterocycles. The Morgan fingerprint density at radius 1 is 1.10 bits per heavy atom. The average molecular weight is 295 g/mol. The Labute approximate surface area is 126 Å². The zero-order valence-electron chi connectivity index (χ0n) is 11.8. The molecule has 4 heteroatoms. The van der Waals surface area contributed by atoms with Crippen molar-refractivity contribution in [1.29, 1.82) is 0 Å². The van der Waals surface area contributed by atoms with Gasteiger partial charge in [0.1, 0.15) is 0 Å². The molecule has 1 amide bonds. The van der Waals surface area contributed by atoms with Crippen LogP contribution in [-0.2, 0) is 4.79 Å². The first kappa shape index (κ1) is 15.2. The molecule has 0 spiro atoms. The fraction of sp³-hybridized carbons (Fsp3) is 0.562. The molecule has 1 aromatic carbocycles. The Balaban J connectivity index is 1.75. The molecule has 0 saturated heterocycles. The molecular formula is C16H23ClN2O. The topological polar surface area (TPSA) is 41.1 Å². The number of carbonyl (C=O) groups excluding carboxylic acids is 1. The zero-order chi connectivity index (χ0) is 14.2. The van der Waals surface area contributed by atoms with Crippen molar-refractivity contribution in [3.8, 4) is 0 Å². The summed E-state index contributed by atoms with van der Waals surface area (Å²) in [4.78, 5) is 12.0. The molecular weight excluding hydrogens is 272 g/mol. The zero-order valence-corrected chi connectivity index (χ0v) is 12.6. The predicted molar refractivity (Wildman–Crippen MR) is 84.2 cm³/mol. The third kappa shape index (κ3) is 5.04. The van der Waals surface area contributed by atoms with Crippen molar-refractivity contribution in [3.05, 3.63) is 29.3 Å². The van der Waals surface area contributed by atoms with Crippen molar-refractivity contribution in [1.82, 2.24) is 5.32 Å². The fourth-order valence-electron chi connectivity index (χ4n) is 2.66. The first-order valence-corrected chi connectivity index (χ1v) is 7.91. The summed E-state index contributed by atoms with van der Waals surface area (Å²) < 4.78 is 0. The number of halogens is 1. The van der Waals surface area contributed by atoms with Crippen molar-refractivity contribution in [3.63, 3.8) is 0 Å². The van der Waals surface area contributed by atoms with Gasteiger partial charge >= 0.3 is 0 Å². The quantitative estimate of drug-likeness (QED) is 0.882. The highest BCUT2D eigenvalue weighted by atomic mass is 35.5. The Kier molecular flexibility index (Phi) is 6.19. The largest absolute Gasteiger partial charge is 0.375 e. The molecule has 1 aliphatic rings. The fourth-order valence-corrected chi connectivity index (χ4v) is 2.86. The van der Waals surface area contributed by atoms with E-state index in [0.29, 0.717) is 11.1 Å². The molecule has 0 atom stereocenters. The minimum absolute atomic E-state index is 0.0514. The summed E-state index contributed by atoms with van der Waals surface area (Å²) in [6, 6.07) is 7.82. The minimum atomic E-state index is 0.0514. The van der Waals surface area contributed by atoms with Gasteiger partial charge in [-0.25, -0.2) is 0 Å². The first-order valence-electron chi connectivity index (χ1n) is 7.53. The van der Waals surface area contributed by atoms with Crippen LogP contribution in [0, 0.1) is 0 Å². The van der Waals surface area contributed by atoms with E-state index in [1.807, 2.05) is 24.3 Å². The molecule has 3 nitrogen and oxygen atoms in total. The van der Waals surface area contributed by atoms with Crippen molar-refractivity contribution < 1.29 is 4.79 Å². The van der Waals surface area contributed by atoms with Crippen LogP contribution < -0.4 is 10.6 Å². The monoisotopic (exact) mass is 294 g/mol. The Bertz CT molecular complexity index is 428. The van der Waals surface area contributed by atoms with E-state index in [4.69, 9.17) is 11.6 Å². The summed E-state index contributed by atoms with van der Waals surface area (Å²) in [6.45, 7) is 0.278. The number of benzene rings is 1. The second-order valence-electron chi connectivity index (χ2n) is 5.44. The molecule has 2 rings (SSSR count). The standard InChI is InChI=1S/C16H23ClN2O/c17-14-10-6-7-11-15(14)18-12-16(20)19-13-8-4-2-1-3-5-9-13/h6-7,10-11,13,18H,1-5,8-9,12H2,(H,19,20). The first-order chi connectivity index (χ1) is 9.75. The van der Waals surface area contributed by atoms with Gasteiger partial charge in [0.05, 0.1) is 17.3 Å². The summed E-state index contributed by atoms with van der Waals surface area (Å²) >= 11 is 6.05. The van der Waals surface area contributed by atoms with Gasteiger partial charge in [-0.3, -0.25) is 4.79 Å². The lowest BCUT2D eigenvalue weighted by Gasteiger charge is -2.21. The SMILES string of the molecule is O=C(CNc1ccccc1Cl)NC1CCCCCCC1. The Morgan fingerprint density at radius 2 is 1.75 bits per heavy atom. The molecule has 1 fully saturated rings. The van der Waals surface area contributed by atoms with Crippen molar-refractivity contribution in [2.24, 2.45) is 0 Å². The lowest BCUT2D eigenvalue weighted by Crippen LogP contribution is -2.38. The third-order valence-electron chi connectivity index (χ3n) is 3.78. The number of amides is 1. The van der Waals surface area contributed by atoms with E-state index in [0.717, 1.165) is 18.5 Å². The smallest absolute Gasteiger partial charge is 0.239 e. The number of anilines is 1. The highest BCUT2D eigenvalue weighted by Crippen LogP contribution is 2.20. The number of hydrogen-bond donors (Lipinski definition) is 2. The molecule has 110 valence electrons. The van der Waals surface area contributed by atoms with E-state index in [2.05, 4.69) is 10.6 Å². The van der Waals surface area contributed by atoms with Crippen LogP contribution in [0.4, 0.5) is 5.69 Å². The van der Waals surface area contributed by atoms with Gasteiger partial charge in [0.2, 0.25) is 5.91 Å². The number of hydrogen-bond acceptors (Lipinski definition) is 2. The summed E-state index contributed by atoms with van der Waals surface area (Å²) in [5.74, 6) is 0.0514. The van der Waals surface area contributed by atoms with Crippen molar-refractivity contribution >= 4 is 23.2 Å². The lowest BCUT2D eigenvalue weighted by atomic mass is 9.97. The molecule has 2 N–H and O–H groups in total. The van der Waals surface area contributed by atoms with Gasteiger partial charge in [0, 0.05) is 6.04 Å². The maximum Gasteiger partial charge on any atom is 0.239 e. The average Bonchev–Trinajstić information content (AvgIpc) is 2.41. The number of para-hydroxylation sites is 1. The maximum atomic E-state index is 12.0. The van der Waals surface area contributed by atoms with E-state index in [9.17, 15) is 4.79 Å². The van der Waals surface area contributed by atoms with Crippen LogP contribution >= 0.6 is 11.6 Å². The summed E-state index contributed by atoms with van der Waals surface area (Å²) in [7, 11) is 0. The summed E-state index contributed by atoms with van der Waals surface area (Å²) in [5.41, 5.74) is 0.807. The minimum Gasteiger partial charge on any atom is -0.375 e. The highest BCUT2D eigenvalue weighted by Gasteiger charge is 2.13. The van der Waals surface area contributed by atoms with Crippen LogP contribution in [-0.4, -0.2) is 18.5 Å². The highest BCUT2D eigenvalue weighted by molar-refractivity contribution is 6.33. The molecule has 1 saturated carbocycles. The summed E-state index contributed by atoms with van der Waals surface area (Å²) in [5, 5.41) is 6.86. The molecule has 0 unspecified atom stereocenters. The number of rotatable bonds is 4. The molecule has 0 bridgehead atoms. The van der Waals surface area contributed by atoms with E-state index in [-0.39, 0.29) is 12.5 Å². The number of carbonyl (C=O) groups is 1. The second kappa shape index (κ2) is 8.15. The summed E-state index contributed by atoms with van der Waals surface area (Å²) in [6.07, 6.45) is 8.60. The van der Waals surface area contributed by atoms with Crippen LogP contribution in [0.2, 0.25) is 5.02 Å². The maximum absolute atomic E-state index is 12.0. The van der Waals surface area contributed by atoms with Gasteiger partial charge in [-0.15, -0.1) is 0 Å². The lowest BCUT2D eigenvalue weighted by molar-refractivity contribution is -0.120. The van der Waals surface area contributed by atoms with Gasteiger partial charge in [0.25, 0.3) is 0 Å². The molecule has 20 heavy (non-hydrogen) atoms. The van der Waals surface area contributed by atoms with E-state index in [1.165, 1.54) is 32.1 Å². The second-order valence-corrected chi connectivity index (χ2v) is 5.85. The molecule has 0 radical (unpaired) electrons. The third-order valence-corrected chi connectivity index (χ3v) is 4.11. The van der Waals surface area contributed by atoms with Gasteiger partial charge in [-0.1, -0.05) is 55.8 Å². The normalized spacial score (nSPS) is 17.1. The molecule has 0 aliphatic heterocycles. The molecule has 0 heterocycles. The van der Waals surface area contributed by atoms with E-state index >= 15 is 0 Å². The Hall–Kier alpha value is -1.22. The van der Waals surface area contributed by atoms with Gasteiger partial charge in [0.15, 0.2) is 0 Å². The van der Waals surface area contributed by atoms with Gasteiger partial charge in [-0.05, 0) is 25.0 Å². The van der Waals surface area contributed by atoms with Gasteiger partial charge in [-0.2, -0.15) is 0 Å². The predicted octanol–water partition coefficient (Wildman–Crippen LogP) is 3.98. The van der Waals surface area contributed by atoms with Crippen LogP contribution in [0.15, 0.2) is 24.3 Å². The molecule has 1 aliphatic carbocycles. The molecule has 1 aromatic rings. The van der Waals surface area contributed by atoms with Crippen molar-refractivity contribution in [2.75, 3.05) is 11.9 Å². The Morgan fingerprint density at radius 3 is 2.45 bits per heavy atom. The van der Waals surface area contributed by atoms with Crippen molar-refractivity contribution in [2.45, 2.75) is 51.0 Å². The number of nitrogens with one attached hydrogen (secondary N) is 2. The van der Waals surface area contributed by atoms with Crippen LogP contribution in [0.25, 0.3) is 0 Å².